The molecule has 0 saturated heterocycles. The van der Waals surface area contributed by atoms with Gasteiger partial charge in [0.05, 0.1) is 18.0 Å². The molecule has 0 spiro atoms. The zero-order chi connectivity index (χ0) is 16.6. The van der Waals surface area contributed by atoms with Crippen molar-refractivity contribution in [3.05, 3.63) is 10.4 Å². The van der Waals surface area contributed by atoms with Gasteiger partial charge in [0.2, 0.25) is 0 Å². The van der Waals surface area contributed by atoms with E-state index < -0.39 is 5.97 Å². The third kappa shape index (κ3) is 3.35. The van der Waals surface area contributed by atoms with Crippen LogP contribution in [-0.4, -0.2) is 38.7 Å². The molecule has 0 unspecified atom stereocenters. The van der Waals surface area contributed by atoms with Gasteiger partial charge in [-0.25, -0.2) is 9.97 Å². The molecule has 1 aliphatic rings. The maximum absolute atomic E-state index is 11.0. The average molecular weight is 371 g/mol. The van der Waals surface area contributed by atoms with Gasteiger partial charge < -0.3 is 9.84 Å². The van der Waals surface area contributed by atoms with E-state index in [0.29, 0.717) is 11.8 Å². The number of carbonyl (C=O) groups is 1. The van der Waals surface area contributed by atoms with E-state index in [2.05, 4.69) is 23.8 Å². The minimum Gasteiger partial charge on any atom is -0.481 e. The molecule has 0 radical (unpaired) electrons. The predicted octanol–water partition coefficient (Wildman–Crippen LogP) is 3.83. The smallest absolute Gasteiger partial charge is 0.313 e. The van der Waals surface area contributed by atoms with Crippen LogP contribution in [0.15, 0.2) is 10.2 Å². The van der Waals surface area contributed by atoms with Crippen LogP contribution in [0.5, 0.6) is 0 Å². The number of ether oxygens (including phenoxy) is 1. The summed E-state index contributed by atoms with van der Waals surface area (Å²) in [6.45, 7) is 4.85. The van der Waals surface area contributed by atoms with Crippen LogP contribution in [0.1, 0.15) is 30.7 Å². The molecule has 0 fully saturated rings. The highest BCUT2D eigenvalue weighted by molar-refractivity contribution is 8.00. The lowest BCUT2D eigenvalue weighted by Crippen LogP contribution is -2.33. The van der Waals surface area contributed by atoms with Gasteiger partial charge in [0, 0.05) is 16.7 Å². The summed E-state index contributed by atoms with van der Waals surface area (Å²) < 4.78 is 6.02. The molecule has 23 heavy (non-hydrogen) atoms. The molecule has 0 aromatic carbocycles. The molecule has 0 saturated carbocycles. The number of hydrogen-bond acceptors (Lipinski definition) is 7. The lowest BCUT2D eigenvalue weighted by Gasteiger charge is -2.33. The minimum absolute atomic E-state index is 0.00605. The Morgan fingerprint density at radius 2 is 2.26 bits per heavy atom. The summed E-state index contributed by atoms with van der Waals surface area (Å²) >= 11 is 4.39. The predicted molar refractivity (Wildman–Crippen MR) is 94.7 cm³/mol. The van der Waals surface area contributed by atoms with E-state index in [4.69, 9.17) is 9.84 Å². The number of thioether (sulfide) groups is 2. The molecule has 3 heterocycles. The third-order valence-corrected chi connectivity index (χ3v) is 6.65. The van der Waals surface area contributed by atoms with Crippen LogP contribution in [0.4, 0.5) is 0 Å². The SMILES string of the molecule is CC[C@@]1(C)Cc2c(sc3nc(SC)nc(SCC(=O)O)c23)CO1. The van der Waals surface area contributed by atoms with Gasteiger partial charge in [-0.15, -0.1) is 11.3 Å². The van der Waals surface area contributed by atoms with Crippen LogP contribution in [-0.2, 0) is 22.6 Å². The van der Waals surface area contributed by atoms with Crippen molar-refractivity contribution < 1.29 is 14.6 Å². The van der Waals surface area contributed by atoms with E-state index >= 15 is 0 Å². The first-order valence-corrected chi connectivity index (χ1v) is 10.3. The molecule has 0 bridgehead atoms. The van der Waals surface area contributed by atoms with Crippen LogP contribution < -0.4 is 0 Å². The Kier molecular flexibility index (Phi) is 4.87. The zero-order valence-electron chi connectivity index (χ0n) is 13.2. The molecule has 0 aliphatic carbocycles. The van der Waals surface area contributed by atoms with Gasteiger partial charge in [-0.05, 0) is 25.2 Å². The molecule has 124 valence electrons. The van der Waals surface area contributed by atoms with Crippen molar-refractivity contribution in [2.24, 2.45) is 0 Å². The third-order valence-electron chi connectivity index (χ3n) is 4.05. The first-order chi connectivity index (χ1) is 11.0. The van der Waals surface area contributed by atoms with Gasteiger partial charge in [-0.1, -0.05) is 30.4 Å². The normalized spacial score (nSPS) is 20.7. The summed E-state index contributed by atoms with van der Waals surface area (Å²) in [6.07, 6.45) is 3.68. The Hall–Kier alpha value is -0.830. The van der Waals surface area contributed by atoms with Crippen molar-refractivity contribution in [3.8, 4) is 0 Å². The number of aliphatic carboxylic acids is 1. The molecule has 5 nitrogen and oxygen atoms in total. The lowest BCUT2D eigenvalue weighted by atomic mass is 9.90. The van der Waals surface area contributed by atoms with Gasteiger partial charge in [-0.2, -0.15) is 0 Å². The quantitative estimate of drug-likeness (QED) is 0.487. The standard InChI is InChI=1S/C15H18N2O3S3/c1-4-15(2)5-8-9(6-20-15)23-13-11(8)12(22-7-10(18)19)16-14(17-13)21-3/h4-7H2,1-3H3,(H,18,19)/t15-/m0/s1. The number of hydrogen-bond donors (Lipinski definition) is 1. The second-order valence-electron chi connectivity index (χ2n) is 5.65. The highest BCUT2D eigenvalue weighted by Gasteiger charge is 2.33. The number of aromatic nitrogens is 2. The van der Waals surface area contributed by atoms with Crippen LogP contribution in [0, 0.1) is 0 Å². The Morgan fingerprint density at radius 1 is 1.48 bits per heavy atom. The second-order valence-corrected chi connectivity index (χ2v) is 8.47. The molecule has 2 aromatic heterocycles. The van der Waals surface area contributed by atoms with Gasteiger partial charge >= 0.3 is 5.97 Å². The van der Waals surface area contributed by atoms with E-state index in [9.17, 15) is 4.79 Å². The molecule has 0 amide bonds. The highest BCUT2D eigenvalue weighted by atomic mass is 32.2. The fourth-order valence-corrected chi connectivity index (χ4v) is 5.00. The number of carboxylic acid groups (broad SMARTS) is 1. The van der Waals surface area contributed by atoms with Gasteiger partial charge in [0.25, 0.3) is 0 Å². The monoisotopic (exact) mass is 370 g/mol. The summed E-state index contributed by atoms with van der Waals surface area (Å²) in [5.41, 5.74) is 1.06. The van der Waals surface area contributed by atoms with Crippen LogP contribution in [0.3, 0.4) is 0 Å². The summed E-state index contributed by atoms with van der Waals surface area (Å²) in [7, 11) is 0. The van der Waals surface area contributed by atoms with Crippen molar-refractivity contribution in [3.63, 3.8) is 0 Å². The van der Waals surface area contributed by atoms with E-state index in [1.54, 1.807) is 11.3 Å². The van der Waals surface area contributed by atoms with Crippen LogP contribution >= 0.6 is 34.9 Å². The fraction of sp³-hybridized carbons (Fsp3) is 0.533. The maximum Gasteiger partial charge on any atom is 0.313 e. The summed E-state index contributed by atoms with van der Waals surface area (Å²) in [5.74, 6) is -0.829. The van der Waals surface area contributed by atoms with Crippen molar-refractivity contribution in [2.75, 3.05) is 12.0 Å². The zero-order valence-corrected chi connectivity index (χ0v) is 15.7. The van der Waals surface area contributed by atoms with Crippen molar-refractivity contribution in [2.45, 2.75) is 49.1 Å². The number of nitrogens with zero attached hydrogens (tertiary/aromatic N) is 2. The first-order valence-electron chi connectivity index (χ1n) is 7.30. The molecule has 2 aromatic rings. The summed E-state index contributed by atoms with van der Waals surface area (Å²) in [4.78, 5) is 22.3. The number of rotatable bonds is 5. The lowest BCUT2D eigenvalue weighted by molar-refractivity contribution is -0.133. The van der Waals surface area contributed by atoms with Gasteiger partial charge in [0.1, 0.15) is 9.86 Å². The molecular weight excluding hydrogens is 352 g/mol. The van der Waals surface area contributed by atoms with Gasteiger partial charge in [0.15, 0.2) is 5.16 Å². The van der Waals surface area contributed by atoms with Crippen molar-refractivity contribution >= 4 is 51.0 Å². The van der Waals surface area contributed by atoms with E-state index in [-0.39, 0.29) is 11.4 Å². The highest BCUT2D eigenvalue weighted by Crippen LogP contribution is 2.42. The van der Waals surface area contributed by atoms with Crippen molar-refractivity contribution in [1.29, 1.82) is 0 Å². The summed E-state index contributed by atoms with van der Waals surface area (Å²) in [5, 5.41) is 11.5. The largest absolute Gasteiger partial charge is 0.481 e. The Morgan fingerprint density at radius 3 is 2.91 bits per heavy atom. The molecular formula is C15H18N2O3S3. The van der Waals surface area contributed by atoms with Crippen molar-refractivity contribution in [1.82, 2.24) is 9.97 Å². The maximum atomic E-state index is 11.0. The average Bonchev–Trinajstić information content (AvgIpc) is 2.89. The Balaban J connectivity index is 2.12. The minimum atomic E-state index is -0.835. The van der Waals surface area contributed by atoms with Gasteiger partial charge in [-0.3, -0.25) is 4.79 Å². The van der Waals surface area contributed by atoms with E-state index in [0.717, 1.165) is 28.1 Å². The van der Waals surface area contributed by atoms with E-state index in [1.165, 1.54) is 34.0 Å². The summed E-state index contributed by atoms with van der Waals surface area (Å²) in [6, 6.07) is 0. The topological polar surface area (TPSA) is 72.3 Å². The van der Waals surface area contributed by atoms with Crippen LogP contribution in [0.2, 0.25) is 0 Å². The molecule has 1 aliphatic heterocycles. The number of carboxylic acids is 1. The molecule has 8 heteroatoms. The Labute approximate surface area is 147 Å². The fourth-order valence-electron chi connectivity index (χ4n) is 2.57. The molecule has 1 N–H and O–H groups in total. The van der Waals surface area contributed by atoms with E-state index in [1.807, 2.05) is 6.26 Å². The number of thiophene rings is 1. The first kappa shape index (κ1) is 17.0. The molecule has 1 atom stereocenters. The Bertz CT molecular complexity index is 762. The second kappa shape index (κ2) is 6.58. The number of fused-ring (bicyclic) bond motifs is 3. The molecule has 3 rings (SSSR count). The van der Waals surface area contributed by atoms with Crippen LogP contribution in [0.25, 0.3) is 10.2 Å².